The molecule has 1 rings (SSSR count). The van der Waals surface area contributed by atoms with E-state index in [9.17, 15) is 4.79 Å². The summed E-state index contributed by atoms with van der Waals surface area (Å²) in [5.74, 6) is -0.362. The number of hydrogen-bond donors (Lipinski definition) is 1. The smallest absolute Gasteiger partial charge is 0.231 e. The Hall–Kier alpha value is -0.770. The van der Waals surface area contributed by atoms with E-state index in [1.165, 1.54) is 0 Å². The first-order chi connectivity index (χ1) is 7.41. The Labute approximate surface area is 105 Å². The van der Waals surface area contributed by atoms with Crippen LogP contribution in [0.15, 0.2) is 18.2 Å². The zero-order valence-corrected chi connectivity index (χ0v) is 10.7. The molecule has 1 aromatic carbocycles. The number of nitrogens with two attached hydrogens (primary N) is 1. The van der Waals surface area contributed by atoms with Crippen LogP contribution in [0.1, 0.15) is 18.5 Å². The molecule has 0 heterocycles. The predicted octanol–water partition coefficient (Wildman–Crippen LogP) is 2.47. The number of benzene rings is 1. The van der Waals surface area contributed by atoms with Gasteiger partial charge in [-0.2, -0.15) is 0 Å². The summed E-state index contributed by atoms with van der Waals surface area (Å²) >= 11 is 11.9. The first-order valence-corrected chi connectivity index (χ1v) is 5.61. The van der Waals surface area contributed by atoms with E-state index >= 15 is 0 Å². The summed E-state index contributed by atoms with van der Waals surface area (Å²) in [6.45, 7) is 2.15. The molecule has 0 aliphatic carbocycles. The lowest BCUT2D eigenvalue weighted by Crippen LogP contribution is -2.32. The van der Waals surface area contributed by atoms with Crippen LogP contribution in [0.3, 0.4) is 0 Å². The topological polar surface area (TPSA) is 46.3 Å². The lowest BCUT2D eigenvalue weighted by molar-refractivity contribution is -0.119. The summed E-state index contributed by atoms with van der Waals surface area (Å²) in [6.07, 6.45) is 0. The van der Waals surface area contributed by atoms with Crippen molar-refractivity contribution in [3.63, 3.8) is 0 Å². The Balaban J connectivity index is 2.87. The van der Waals surface area contributed by atoms with Gasteiger partial charge < -0.3 is 5.73 Å². The lowest BCUT2D eigenvalue weighted by Gasteiger charge is -2.24. The molecule has 3 nitrogen and oxygen atoms in total. The van der Waals surface area contributed by atoms with Crippen LogP contribution in [0.25, 0.3) is 0 Å². The van der Waals surface area contributed by atoms with Crippen molar-refractivity contribution in [3.05, 3.63) is 33.8 Å². The third kappa shape index (κ3) is 3.37. The zero-order valence-electron chi connectivity index (χ0n) is 9.21. The minimum Gasteiger partial charge on any atom is -0.369 e. The van der Waals surface area contributed by atoms with Crippen molar-refractivity contribution < 1.29 is 4.79 Å². The number of carbonyl (C=O) groups is 1. The summed E-state index contributed by atoms with van der Waals surface area (Å²) in [4.78, 5) is 12.6. The number of nitrogens with zero attached hydrogens (tertiary/aromatic N) is 1. The number of carbonyl (C=O) groups excluding carboxylic acids is 1. The van der Waals surface area contributed by atoms with Gasteiger partial charge in [0.05, 0.1) is 6.54 Å². The number of rotatable bonds is 4. The van der Waals surface area contributed by atoms with Gasteiger partial charge in [0.2, 0.25) is 5.91 Å². The third-order valence-corrected chi connectivity index (χ3v) is 3.04. The SMILES string of the molecule is C[C@@H](c1ccc(Cl)cc1Cl)N(C)CC(N)=O. The first-order valence-electron chi connectivity index (χ1n) is 4.85. The van der Waals surface area contributed by atoms with E-state index in [4.69, 9.17) is 28.9 Å². The lowest BCUT2D eigenvalue weighted by atomic mass is 10.1. The van der Waals surface area contributed by atoms with E-state index in [1.54, 1.807) is 12.1 Å². The molecule has 1 atom stereocenters. The van der Waals surface area contributed by atoms with Gasteiger partial charge in [-0.1, -0.05) is 29.3 Å². The van der Waals surface area contributed by atoms with Crippen molar-refractivity contribution >= 4 is 29.1 Å². The van der Waals surface area contributed by atoms with Gasteiger partial charge in [0.15, 0.2) is 0 Å². The van der Waals surface area contributed by atoms with Gasteiger partial charge in [-0.25, -0.2) is 0 Å². The highest BCUT2D eigenvalue weighted by atomic mass is 35.5. The molecule has 0 spiro atoms. The van der Waals surface area contributed by atoms with Crippen LogP contribution >= 0.6 is 23.2 Å². The molecule has 0 aromatic heterocycles. The van der Waals surface area contributed by atoms with E-state index in [0.717, 1.165) is 5.56 Å². The third-order valence-electron chi connectivity index (χ3n) is 2.48. The fraction of sp³-hybridized carbons (Fsp3) is 0.364. The maximum Gasteiger partial charge on any atom is 0.231 e. The van der Waals surface area contributed by atoms with E-state index in [-0.39, 0.29) is 18.5 Å². The molecule has 0 saturated heterocycles. The van der Waals surface area contributed by atoms with Gasteiger partial charge in [-0.15, -0.1) is 0 Å². The number of amides is 1. The van der Waals surface area contributed by atoms with E-state index in [2.05, 4.69) is 0 Å². The molecule has 1 aromatic rings. The highest BCUT2D eigenvalue weighted by Gasteiger charge is 2.16. The Kier molecular flexibility index (Phi) is 4.59. The Morgan fingerprint density at radius 2 is 2.12 bits per heavy atom. The van der Waals surface area contributed by atoms with Gasteiger partial charge in [0, 0.05) is 16.1 Å². The van der Waals surface area contributed by atoms with Crippen LogP contribution in [0.4, 0.5) is 0 Å². The number of primary amides is 1. The second-order valence-corrected chi connectivity index (χ2v) is 4.57. The van der Waals surface area contributed by atoms with Gasteiger partial charge in [-0.3, -0.25) is 9.69 Å². The van der Waals surface area contributed by atoms with Crippen molar-refractivity contribution in [3.8, 4) is 0 Å². The van der Waals surface area contributed by atoms with Crippen LogP contribution in [-0.4, -0.2) is 24.4 Å². The quantitative estimate of drug-likeness (QED) is 0.904. The van der Waals surface area contributed by atoms with E-state index in [0.29, 0.717) is 10.0 Å². The summed E-state index contributed by atoms with van der Waals surface area (Å²) in [7, 11) is 1.82. The van der Waals surface area contributed by atoms with E-state index < -0.39 is 0 Å². The van der Waals surface area contributed by atoms with Crippen molar-refractivity contribution in [2.45, 2.75) is 13.0 Å². The largest absolute Gasteiger partial charge is 0.369 e. The highest BCUT2D eigenvalue weighted by Crippen LogP contribution is 2.28. The highest BCUT2D eigenvalue weighted by molar-refractivity contribution is 6.35. The standard InChI is InChI=1S/C11H14Cl2N2O/c1-7(15(2)6-11(14)16)9-4-3-8(12)5-10(9)13/h3-5,7H,6H2,1-2H3,(H2,14,16)/t7-/m0/s1. The summed E-state index contributed by atoms with van der Waals surface area (Å²) in [5, 5.41) is 1.19. The molecule has 16 heavy (non-hydrogen) atoms. The molecule has 0 radical (unpaired) electrons. The molecule has 0 aliphatic rings. The number of halogens is 2. The van der Waals surface area contributed by atoms with Gasteiger partial charge in [0.1, 0.15) is 0 Å². The van der Waals surface area contributed by atoms with Crippen LogP contribution in [0.5, 0.6) is 0 Å². The molecular formula is C11H14Cl2N2O. The van der Waals surface area contributed by atoms with Crippen LogP contribution in [0.2, 0.25) is 10.0 Å². The van der Waals surface area contributed by atoms with Crippen molar-refractivity contribution in [1.82, 2.24) is 4.90 Å². The van der Waals surface area contributed by atoms with Crippen LogP contribution in [-0.2, 0) is 4.79 Å². The Morgan fingerprint density at radius 3 is 2.62 bits per heavy atom. The monoisotopic (exact) mass is 260 g/mol. The first kappa shape index (κ1) is 13.3. The zero-order chi connectivity index (χ0) is 12.3. The fourth-order valence-electron chi connectivity index (χ4n) is 1.46. The minimum absolute atomic E-state index is 0.0114. The molecule has 0 saturated carbocycles. The molecule has 2 N–H and O–H groups in total. The molecule has 0 unspecified atom stereocenters. The van der Waals surface area contributed by atoms with Crippen molar-refractivity contribution in [2.24, 2.45) is 5.73 Å². The van der Waals surface area contributed by atoms with Crippen molar-refractivity contribution in [2.75, 3.05) is 13.6 Å². The molecule has 5 heteroatoms. The summed E-state index contributed by atoms with van der Waals surface area (Å²) < 4.78 is 0. The normalized spacial score (nSPS) is 12.8. The fourth-order valence-corrected chi connectivity index (χ4v) is 2.03. The molecule has 0 fully saturated rings. The summed E-state index contributed by atoms with van der Waals surface area (Å²) in [6, 6.07) is 5.33. The molecule has 88 valence electrons. The maximum absolute atomic E-state index is 10.8. The van der Waals surface area contributed by atoms with Gasteiger partial charge in [0.25, 0.3) is 0 Å². The van der Waals surface area contributed by atoms with E-state index in [1.807, 2.05) is 24.9 Å². The maximum atomic E-state index is 10.8. The predicted molar refractivity (Wildman–Crippen MR) is 66.7 cm³/mol. The minimum atomic E-state index is -0.362. The summed E-state index contributed by atoms with van der Waals surface area (Å²) in [5.41, 5.74) is 6.06. The van der Waals surface area contributed by atoms with Crippen LogP contribution in [0, 0.1) is 0 Å². The second-order valence-electron chi connectivity index (χ2n) is 3.72. The number of likely N-dealkylation sites (N-methyl/N-ethyl adjacent to an activating group) is 1. The average Bonchev–Trinajstić information content (AvgIpc) is 2.15. The molecule has 0 aliphatic heterocycles. The van der Waals surface area contributed by atoms with Crippen molar-refractivity contribution in [1.29, 1.82) is 0 Å². The average molecular weight is 261 g/mol. The molecule has 0 bridgehead atoms. The molecular weight excluding hydrogens is 247 g/mol. The molecule has 1 amide bonds. The Morgan fingerprint density at radius 1 is 1.50 bits per heavy atom. The van der Waals surface area contributed by atoms with Gasteiger partial charge >= 0.3 is 0 Å². The number of hydrogen-bond acceptors (Lipinski definition) is 2. The Bertz CT molecular complexity index is 396. The van der Waals surface area contributed by atoms with Crippen LogP contribution < -0.4 is 5.73 Å². The van der Waals surface area contributed by atoms with Gasteiger partial charge in [-0.05, 0) is 31.7 Å². The second kappa shape index (κ2) is 5.53.